The van der Waals surface area contributed by atoms with E-state index in [0.717, 1.165) is 49.2 Å². The first kappa shape index (κ1) is 21.3. The molecular formula is C22H29ClN4O2. The molecule has 156 valence electrons. The van der Waals surface area contributed by atoms with Gasteiger partial charge in [-0.3, -0.25) is 4.90 Å². The number of urea groups is 1. The minimum Gasteiger partial charge on any atom is -0.494 e. The van der Waals surface area contributed by atoms with Gasteiger partial charge in [0.25, 0.3) is 0 Å². The summed E-state index contributed by atoms with van der Waals surface area (Å²) in [4.78, 5) is 16.8. The number of carbonyl (C=O) groups excluding carboxylic acids is 1. The predicted molar refractivity (Wildman–Crippen MR) is 119 cm³/mol. The molecule has 0 bridgehead atoms. The second kappa shape index (κ2) is 10.4. The maximum absolute atomic E-state index is 12.1. The van der Waals surface area contributed by atoms with E-state index in [1.54, 1.807) is 0 Å². The summed E-state index contributed by atoms with van der Waals surface area (Å²) in [5.74, 6) is 0.797. The van der Waals surface area contributed by atoms with Gasteiger partial charge in [0.05, 0.1) is 6.61 Å². The third-order valence-electron chi connectivity index (χ3n) is 5.02. The molecule has 1 fully saturated rings. The van der Waals surface area contributed by atoms with E-state index in [0.29, 0.717) is 13.2 Å². The van der Waals surface area contributed by atoms with Crippen LogP contribution in [0, 0.1) is 6.92 Å². The van der Waals surface area contributed by atoms with Gasteiger partial charge in [-0.05, 0) is 55.8 Å². The molecular weight excluding hydrogens is 388 g/mol. The van der Waals surface area contributed by atoms with Crippen LogP contribution in [0.4, 0.5) is 16.2 Å². The smallest absolute Gasteiger partial charge is 0.319 e. The van der Waals surface area contributed by atoms with Gasteiger partial charge in [-0.1, -0.05) is 17.7 Å². The number of anilines is 2. The highest BCUT2D eigenvalue weighted by Crippen LogP contribution is 2.25. The number of rotatable bonds is 7. The molecule has 0 saturated carbocycles. The van der Waals surface area contributed by atoms with Crippen molar-refractivity contribution >= 4 is 29.0 Å². The van der Waals surface area contributed by atoms with Crippen LogP contribution in [0.25, 0.3) is 0 Å². The maximum atomic E-state index is 12.1. The summed E-state index contributed by atoms with van der Waals surface area (Å²) in [7, 11) is 0. The lowest BCUT2D eigenvalue weighted by molar-refractivity contribution is 0.240. The molecule has 1 aliphatic heterocycles. The summed E-state index contributed by atoms with van der Waals surface area (Å²) in [6, 6.07) is 13.2. The Labute approximate surface area is 177 Å². The zero-order valence-electron chi connectivity index (χ0n) is 17.1. The van der Waals surface area contributed by atoms with E-state index >= 15 is 0 Å². The van der Waals surface area contributed by atoms with Gasteiger partial charge in [-0.2, -0.15) is 0 Å². The quantitative estimate of drug-likeness (QED) is 0.716. The first-order valence-corrected chi connectivity index (χ1v) is 10.4. The molecule has 0 radical (unpaired) electrons. The van der Waals surface area contributed by atoms with Crippen LogP contribution in [0.3, 0.4) is 0 Å². The van der Waals surface area contributed by atoms with Crippen LogP contribution in [-0.2, 0) is 0 Å². The van der Waals surface area contributed by atoms with Crippen LogP contribution in [-0.4, -0.2) is 56.8 Å². The van der Waals surface area contributed by atoms with Crippen molar-refractivity contribution in [2.75, 3.05) is 56.1 Å². The predicted octanol–water partition coefficient (Wildman–Crippen LogP) is 3.99. The maximum Gasteiger partial charge on any atom is 0.319 e. The zero-order chi connectivity index (χ0) is 20.6. The van der Waals surface area contributed by atoms with E-state index in [1.165, 1.54) is 11.3 Å². The fraction of sp³-hybridized carbons (Fsp3) is 0.409. The van der Waals surface area contributed by atoms with E-state index in [4.69, 9.17) is 16.3 Å². The lowest BCUT2D eigenvalue weighted by Crippen LogP contribution is -2.48. The number of nitrogens with one attached hydrogen (secondary N) is 2. The van der Waals surface area contributed by atoms with Gasteiger partial charge in [0.1, 0.15) is 5.75 Å². The van der Waals surface area contributed by atoms with Crippen LogP contribution in [0.5, 0.6) is 5.75 Å². The molecule has 7 heteroatoms. The number of hydrogen-bond acceptors (Lipinski definition) is 4. The zero-order valence-corrected chi connectivity index (χ0v) is 17.8. The molecule has 2 amide bonds. The molecule has 1 heterocycles. The molecule has 0 spiro atoms. The summed E-state index contributed by atoms with van der Waals surface area (Å²) < 4.78 is 5.40. The molecule has 3 rings (SSSR count). The Morgan fingerprint density at radius 3 is 2.52 bits per heavy atom. The summed E-state index contributed by atoms with van der Waals surface area (Å²) in [5, 5.41) is 6.54. The first-order valence-electron chi connectivity index (χ1n) is 10.1. The van der Waals surface area contributed by atoms with Gasteiger partial charge < -0.3 is 20.3 Å². The van der Waals surface area contributed by atoms with E-state index in [-0.39, 0.29) is 6.03 Å². The molecule has 0 aliphatic carbocycles. The number of amides is 2. The Morgan fingerprint density at radius 2 is 1.83 bits per heavy atom. The largest absolute Gasteiger partial charge is 0.494 e. The summed E-state index contributed by atoms with van der Waals surface area (Å²) >= 11 is 6.15. The van der Waals surface area contributed by atoms with Gasteiger partial charge in [0.15, 0.2) is 0 Å². The summed E-state index contributed by atoms with van der Waals surface area (Å²) in [5.41, 5.74) is 3.21. The van der Waals surface area contributed by atoms with Crippen molar-refractivity contribution in [1.29, 1.82) is 0 Å². The van der Waals surface area contributed by atoms with Crippen LogP contribution in [0.2, 0.25) is 5.02 Å². The lowest BCUT2D eigenvalue weighted by Gasteiger charge is -2.36. The summed E-state index contributed by atoms with van der Waals surface area (Å²) in [6.45, 7) is 9.97. The number of aryl methyl sites for hydroxylation is 1. The van der Waals surface area contributed by atoms with Crippen LogP contribution in [0.15, 0.2) is 42.5 Å². The number of hydrogen-bond donors (Lipinski definition) is 2. The van der Waals surface area contributed by atoms with Crippen molar-refractivity contribution in [3.05, 3.63) is 53.1 Å². The first-order chi connectivity index (χ1) is 14.0. The summed E-state index contributed by atoms with van der Waals surface area (Å²) in [6.07, 6.45) is 0. The number of halogens is 1. The van der Waals surface area contributed by atoms with E-state index in [2.05, 4.69) is 33.4 Å². The van der Waals surface area contributed by atoms with Gasteiger partial charge in [0, 0.05) is 55.7 Å². The van der Waals surface area contributed by atoms with E-state index in [1.807, 2.05) is 43.3 Å². The minimum atomic E-state index is -0.192. The molecule has 2 aromatic carbocycles. The third kappa shape index (κ3) is 6.27. The standard InChI is InChI=1S/C22H29ClN4O2/c1-3-29-20-8-6-19(7-9-20)25-22(28)24-10-11-26-12-14-27(15-13-26)21-16-18(23)5-4-17(21)2/h4-9,16H,3,10-15H2,1-2H3,(H2,24,25,28). The number of ether oxygens (including phenoxy) is 1. The second-order valence-corrected chi connectivity index (χ2v) is 7.53. The number of carbonyl (C=O) groups is 1. The topological polar surface area (TPSA) is 56.8 Å². The normalized spacial score (nSPS) is 14.5. The van der Waals surface area contributed by atoms with Crippen molar-refractivity contribution in [2.45, 2.75) is 13.8 Å². The third-order valence-corrected chi connectivity index (χ3v) is 5.26. The van der Waals surface area contributed by atoms with Crippen LogP contribution < -0.4 is 20.3 Å². The van der Waals surface area contributed by atoms with E-state index < -0.39 is 0 Å². The van der Waals surface area contributed by atoms with Crippen molar-refractivity contribution in [2.24, 2.45) is 0 Å². The van der Waals surface area contributed by atoms with Gasteiger partial charge in [0.2, 0.25) is 0 Å². The molecule has 2 aromatic rings. The Balaban J connectivity index is 1.37. The number of nitrogens with zero attached hydrogens (tertiary/aromatic N) is 2. The monoisotopic (exact) mass is 416 g/mol. The van der Waals surface area contributed by atoms with Crippen LogP contribution >= 0.6 is 11.6 Å². The van der Waals surface area contributed by atoms with Gasteiger partial charge in [-0.25, -0.2) is 4.79 Å². The van der Waals surface area contributed by atoms with Crippen LogP contribution in [0.1, 0.15) is 12.5 Å². The lowest BCUT2D eigenvalue weighted by atomic mass is 10.1. The van der Waals surface area contributed by atoms with Gasteiger partial charge in [-0.15, -0.1) is 0 Å². The second-order valence-electron chi connectivity index (χ2n) is 7.10. The highest BCUT2D eigenvalue weighted by atomic mass is 35.5. The van der Waals surface area contributed by atoms with Gasteiger partial charge >= 0.3 is 6.03 Å². The Bertz CT molecular complexity index is 805. The van der Waals surface area contributed by atoms with Crippen molar-refractivity contribution in [3.8, 4) is 5.75 Å². The van der Waals surface area contributed by atoms with Crippen molar-refractivity contribution < 1.29 is 9.53 Å². The highest BCUT2D eigenvalue weighted by Gasteiger charge is 2.18. The molecule has 1 aliphatic rings. The number of piperazine rings is 1. The Hall–Kier alpha value is -2.44. The highest BCUT2D eigenvalue weighted by molar-refractivity contribution is 6.30. The van der Waals surface area contributed by atoms with Crippen molar-refractivity contribution in [1.82, 2.24) is 10.2 Å². The molecule has 0 atom stereocenters. The molecule has 1 saturated heterocycles. The fourth-order valence-electron chi connectivity index (χ4n) is 3.44. The Kier molecular flexibility index (Phi) is 7.61. The SMILES string of the molecule is CCOc1ccc(NC(=O)NCCN2CCN(c3cc(Cl)ccc3C)CC2)cc1. The molecule has 2 N–H and O–H groups in total. The average molecular weight is 417 g/mol. The minimum absolute atomic E-state index is 0.192. The molecule has 0 aromatic heterocycles. The average Bonchev–Trinajstić information content (AvgIpc) is 2.72. The van der Waals surface area contributed by atoms with E-state index in [9.17, 15) is 4.79 Å². The fourth-order valence-corrected chi connectivity index (χ4v) is 3.61. The Morgan fingerprint density at radius 1 is 1.10 bits per heavy atom. The molecule has 0 unspecified atom stereocenters. The molecule has 6 nitrogen and oxygen atoms in total. The molecule has 29 heavy (non-hydrogen) atoms. The van der Waals surface area contributed by atoms with Crippen molar-refractivity contribution in [3.63, 3.8) is 0 Å². The number of benzene rings is 2.